The Labute approximate surface area is 102 Å². The SMILES string of the molecule is COC(=O)CCN(C)c1ncncc1I. The maximum absolute atomic E-state index is 10.9. The number of hydrogen-bond donors (Lipinski definition) is 0. The molecule has 0 aliphatic carbocycles. The summed E-state index contributed by atoms with van der Waals surface area (Å²) in [6.45, 7) is 0.583. The molecule has 0 bridgehead atoms. The molecule has 1 aromatic rings. The number of aromatic nitrogens is 2. The van der Waals surface area contributed by atoms with Crippen molar-refractivity contribution in [3.05, 3.63) is 16.1 Å². The van der Waals surface area contributed by atoms with Crippen molar-refractivity contribution >= 4 is 34.4 Å². The number of halogens is 1. The molecule has 0 N–H and O–H groups in total. The van der Waals surface area contributed by atoms with Gasteiger partial charge in [-0.3, -0.25) is 4.79 Å². The summed E-state index contributed by atoms with van der Waals surface area (Å²) < 4.78 is 5.53. The first-order valence-electron chi connectivity index (χ1n) is 4.38. The fraction of sp³-hybridized carbons (Fsp3) is 0.444. The van der Waals surface area contributed by atoms with Crippen molar-refractivity contribution in [1.29, 1.82) is 0 Å². The van der Waals surface area contributed by atoms with E-state index in [-0.39, 0.29) is 5.97 Å². The molecule has 0 amide bonds. The maximum atomic E-state index is 10.9. The van der Waals surface area contributed by atoms with Gasteiger partial charge in [0.05, 0.1) is 17.1 Å². The molecule has 0 fully saturated rings. The van der Waals surface area contributed by atoms with Crippen molar-refractivity contribution in [3.63, 3.8) is 0 Å². The van der Waals surface area contributed by atoms with Gasteiger partial charge in [-0.25, -0.2) is 9.97 Å². The van der Waals surface area contributed by atoms with Gasteiger partial charge in [0.2, 0.25) is 0 Å². The number of rotatable bonds is 4. The van der Waals surface area contributed by atoms with Gasteiger partial charge in [0, 0.05) is 19.8 Å². The molecule has 82 valence electrons. The Hall–Kier alpha value is -0.920. The van der Waals surface area contributed by atoms with Gasteiger partial charge in [-0.1, -0.05) is 0 Å². The molecule has 5 nitrogen and oxygen atoms in total. The maximum Gasteiger partial charge on any atom is 0.307 e. The highest BCUT2D eigenvalue weighted by Crippen LogP contribution is 2.16. The topological polar surface area (TPSA) is 55.3 Å². The minimum Gasteiger partial charge on any atom is -0.469 e. The molecule has 0 saturated heterocycles. The fourth-order valence-corrected chi connectivity index (χ4v) is 1.77. The summed E-state index contributed by atoms with van der Waals surface area (Å²) in [5, 5.41) is 0. The molecule has 0 atom stereocenters. The van der Waals surface area contributed by atoms with Crippen molar-refractivity contribution in [1.82, 2.24) is 9.97 Å². The van der Waals surface area contributed by atoms with E-state index in [1.165, 1.54) is 13.4 Å². The highest BCUT2D eigenvalue weighted by Gasteiger charge is 2.09. The van der Waals surface area contributed by atoms with Crippen molar-refractivity contribution in [2.45, 2.75) is 6.42 Å². The Balaban J connectivity index is 2.57. The second kappa shape index (κ2) is 5.84. The van der Waals surface area contributed by atoms with E-state index in [4.69, 9.17) is 0 Å². The number of esters is 1. The third-order valence-corrected chi connectivity index (χ3v) is 2.65. The standard InChI is InChI=1S/C9H12IN3O2/c1-13(4-3-8(14)15-2)9-7(10)5-11-6-12-9/h5-6H,3-4H2,1-2H3. The minimum atomic E-state index is -0.217. The lowest BCUT2D eigenvalue weighted by atomic mass is 10.4. The molecule has 15 heavy (non-hydrogen) atoms. The fourth-order valence-electron chi connectivity index (χ4n) is 1.05. The quantitative estimate of drug-likeness (QED) is 0.614. The first-order chi connectivity index (χ1) is 7.15. The second-order valence-corrected chi connectivity index (χ2v) is 4.10. The Kier molecular flexibility index (Phi) is 4.73. The Morgan fingerprint density at radius 3 is 3.00 bits per heavy atom. The summed E-state index contributed by atoms with van der Waals surface area (Å²) in [7, 11) is 3.27. The average Bonchev–Trinajstić information content (AvgIpc) is 2.26. The van der Waals surface area contributed by atoms with Crippen LogP contribution in [0.1, 0.15) is 6.42 Å². The van der Waals surface area contributed by atoms with Crippen LogP contribution in [-0.4, -0.2) is 36.6 Å². The van der Waals surface area contributed by atoms with Crippen LogP contribution in [0.3, 0.4) is 0 Å². The van der Waals surface area contributed by atoms with Gasteiger partial charge in [0.15, 0.2) is 0 Å². The largest absolute Gasteiger partial charge is 0.469 e. The molecular weight excluding hydrogens is 309 g/mol. The lowest BCUT2D eigenvalue weighted by Gasteiger charge is -2.17. The van der Waals surface area contributed by atoms with Crippen molar-refractivity contribution in [3.8, 4) is 0 Å². The average molecular weight is 321 g/mol. The van der Waals surface area contributed by atoms with Crippen LogP contribution < -0.4 is 4.90 Å². The zero-order chi connectivity index (χ0) is 11.3. The second-order valence-electron chi connectivity index (χ2n) is 2.94. The van der Waals surface area contributed by atoms with E-state index in [0.29, 0.717) is 13.0 Å². The number of carbonyl (C=O) groups is 1. The number of nitrogens with zero attached hydrogens (tertiary/aromatic N) is 3. The van der Waals surface area contributed by atoms with E-state index >= 15 is 0 Å². The molecule has 0 aliphatic heterocycles. The van der Waals surface area contributed by atoms with E-state index in [0.717, 1.165) is 9.39 Å². The van der Waals surface area contributed by atoms with Gasteiger partial charge in [-0.2, -0.15) is 0 Å². The number of methoxy groups -OCH3 is 1. The van der Waals surface area contributed by atoms with Crippen molar-refractivity contribution in [2.24, 2.45) is 0 Å². The molecule has 0 unspecified atom stereocenters. The smallest absolute Gasteiger partial charge is 0.307 e. The third kappa shape index (κ3) is 3.61. The van der Waals surface area contributed by atoms with Gasteiger partial charge >= 0.3 is 5.97 Å². The molecule has 1 rings (SSSR count). The van der Waals surface area contributed by atoms with Gasteiger partial charge in [-0.05, 0) is 22.6 Å². The summed E-state index contributed by atoms with van der Waals surface area (Å²) in [6.07, 6.45) is 3.58. The number of hydrogen-bond acceptors (Lipinski definition) is 5. The Morgan fingerprint density at radius 2 is 2.40 bits per heavy atom. The van der Waals surface area contributed by atoms with Crippen LogP contribution in [0.4, 0.5) is 5.82 Å². The van der Waals surface area contributed by atoms with Crippen LogP contribution in [0, 0.1) is 3.57 Å². The van der Waals surface area contributed by atoms with Gasteiger partial charge in [-0.15, -0.1) is 0 Å². The third-order valence-electron chi connectivity index (χ3n) is 1.89. The summed E-state index contributed by atoms with van der Waals surface area (Å²) in [5.41, 5.74) is 0. The van der Waals surface area contributed by atoms with Crippen LogP contribution in [0.25, 0.3) is 0 Å². The van der Waals surface area contributed by atoms with E-state index < -0.39 is 0 Å². The van der Waals surface area contributed by atoms with E-state index in [1.54, 1.807) is 6.20 Å². The predicted octanol–water partition coefficient (Wildman–Crippen LogP) is 1.08. The zero-order valence-corrected chi connectivity index (χ0v) is 10.8. The number of carbonyl (C=O) groups excluding carboxylic acids is 1. The van der Waals surface area contributed by atoms with E-state index in [1.807, 2.05) is 11.9 Å². The highest BCUT2D eigenvalue weighted by atomic mass is 127. The first-order valence-corrected chi connectivity index (χ1v) is 5.46. The van der Waals surface area contributed by atoms with Crippen molar-refractivity contribution in [2.75, 3.05) is 25.6 Å². The first kappa shape index (κ1) is 12.2. The zero-order valence-electron chi connectivity index (χ0n) is 8.61. The molecule has 0 radical (unpaired) electrons. The highest BCUT2D eigenvalue weighted by molar-refractivity contribution is 14.1. The van der Waals surface area contributed by atoms with Crippen LogP contribution >= 0.6 is 22.6 Å². The van der Waals surface area contributed by atoms with Crippen molar-refractivity contribution < 1.29 is 9.53 Å². The summed E-state index contributed by atoms with van der Waals surface area (Å²) in [5.74, 6) is 0.611. The lowest BCUT2D eigenvalue weighted by Crippen LogP contribution is -2.23. The summed E-state index contributed by atoms with van der Waals surface area (Å²) >= 11 is 2.16. The van der Waals surface area contributed by atoms with Gasteiger partial charge in [0.25, 0.3) is 0 Å². The molecule has 0 aromatic carbocycles. The molecule has 0 saturated carbocycles. The van der Waals surface area contributed by atoms with Crippen LogP contribution in [0.2, 0.25) is 0 Å². The minimum absolute atomic E-state index is 0.217. The normalized spacial score (nSPS) is 9.80. The number of ether oxygens (including phenoxy) is 1. The molecule has 6 heteroatoms. The number of anilines is 1. The van der Waals surface area contributed by atoms with Crippen LogP contribution in [0.15, 0.2) is 12.5 Å². The molecule has 0 aliphatic rings. The van der Waals surface area contributed by atoms with Crippen LogP contribution in [0.5, 0.6) is 0 Å². The monoisotopic (exact) mass is 321 g/mol. The van der Waals surface area contributed by atoms with E-state index in [2.05, 4.69) is 37.3 Å². The Morgan fingerprint density at radius 1 is 1.67 bits per heavy atom. The molecular formula is C9H12IN3O2. The predicted molar refractivity (Wildman–Crippen MR) is 64.7 cm³/mol. The summed E-state index contributed by atoms with van der Waals surface area (Å²) in [4.78, 5) is 20.9. The van der Waals surface area contributed by atoms with Gasteiger partial charge < -0.3 is 9.64 Å². The van der Waals surface area contributed by atoms with E-state index in [9.17, 15) is 4.79 Å². The lowest BCUT2D eigenvalue weighted by molar-refractivity contribution is -0.140. The molecule has 1 heterocycles. The van der Waals surface area contributed by atoms with Gasteiger partial charge in [0.1, 0.15) is 12.1 Å². The summed E-state index contributed by atoms with van der Waals surface area (Å²) in [6, 6.07) is 0. The Bertz CT molecular complexity index is 346. The molecule has 0 spiro atoms. The van der Waals surface area contributed by atoms with Crippen LogP contribution in [-0.2, 0) is 9.53 Å². The molecule has 1 aromatic heterocycles.